The second-order valence-corrected chi connectivity index (χ2v) is 7.55. The number of amides is 1. The van der Waals surface area contributed by atoms with Crippen molar-refractivity contribution in [2.24, 2.45) is 5.41 Å². The molecule has 100 valence electrons. The van der Waals surface area contributed by atoms with Gasteiger partial charge in [0, 0.05) is 0 Å². The van der Waals surface area contributed by atoms with Crippen LogP contribution in [0.5, 0.6) is 0 Å². The molecule has 0 aliphatic rings. The lowest BCUT2D eigenvalue weighted by Crippen LogP contribution is -2.48. The van der Waals surface area contributed by atoms with E-state index < -0.39 is 17.4 Å². The number of aryl methyl sites for hydroxylation is 1. The number of rotatable bonds is 3. The summed E-state index contributed by atoms with van der Waals surface area (Å²) in [5, 5.41) is 11.7. The molecule has 1 rings (SSSR count). The molecule has 4 nitrogen and oxygen atoms in total. The zero-order valence-electron chi connectivity index (χ0n) is 10.7. The molecule has 0 aliphatic carbocycles. The minimum Gasteiger partial charge on any atom is -0.480 e. The zero-order valence-corrected chi connectivity index (χ0v) is 13.1. The largest absolute Gasteiger partial charge is 0.480 e. The summed E-state index contributed by atoms with van der Waals surface area (Å²) >= 11 is 4.64. The van der Waals surface area contributed by atoms with E-state index in [9.17, 15) is 9.59 Å². The molecule has 1 unspecified atom stereocenters. The summed E-state index contributed by atoms with van der Waals surface area (Å²) in [5.74, 6) is -1.38. The second kappa shape index (κ2) is 5.40. The number of halogens is 1. The summed E-state index contributed by atoms with van der Waals surface area (Å²) in [4.78, 5) is 23.7. The van der Waals surface area contributed by atoms with E-state index in [2.05, 4.69) is 21.2 Å². The predicted octanol–water partition coefficient (Wildman–Crippen LogP) is 3.05. The molecule has 18 heavy (non-hydrogen) atoms. The van der Waals surface area contributed by atoms with Crippen molar-refractivity contribution in [1.82, 2.24) is 5.32 Å². The number of hydrogen-bond donors (Lipinski definition) is 2. The molecular weight excluding hydrogens is 318 g/mol. The number of carboxylic acid groups (broad SMARTS) is 1. The highest BCUT2D eigenvalue weighted by Gasteiger charge is 2.33. The Hall–Kier alpha value is -0.880. The molecule has 0 aliphatic heterocycles. The average Bonchev–Trinajstić information content (AvgIpc) is 2.53. The van der Waals surface area contributed by atoms with Gasteiger partial charge in [0.1, 0.15) is 6.04 Å². The van der Waals surface area contributed by atoms with E-state index in [1.807, 2.05) is 6.92 Å². The maximum atomic E-state index is 12.0. The SMILES string of the molecule is Cc1cc(C(=O)NC(C(=O)O)C(C)(C)C)sc1Br. The van der Waals surface area contributed by atoms with Gasteiger partial charge in [0.25, 0.3) is 5.91 Å². The summed E-state index contributed by atoms with van der Waals surface area (Å²) in [5.41, 5.74) is 0.429. The van der Waals surface area contributed by atoms with Crippen LogP contribution in [0.25, 0.3) is 0 Å². The fourth-order valence-corrected chi connectivity index (χ4v) is 2.86. The molecule has 0 spiro atoms. The fourth-order valence-electron chi connectivity index (χ4n) is 1.42. The Morgan fingerprint density at radius 1 is 1.44 bits per heavy atom. The molecule has 1 aromatic heterocycles. The topological polar surface area (TPSA) is 66.4 Å². The number of carbonyl (C=O) groups is 2. The highest BCUT2D eigenvalue weighted by Crippen LogP contribution is 2.28. The van der Waals surface area contributed by atoms with Crippen LogP contribution < -0.4 is 5.32 Å². The van der Waals surface area contributed by atoms with Gasteiger partial charge in [-0.2, -0.15) is 0 Å². The van der Waals surface area contributed by atoms with Crippen LogP contribution in [-0.4, -0.2) is 23.0 Å². The molecule has 1 heterocycles. The summed E-state index contributed by atoms with van der Waals surface area (Å²) < 4.78 is 0.885. The molecule has 1 amide bonds. The van der Waals surface area contributed by atoms with Crippen molar-refractivity contribution in [1.29, 1.82) is 0 Å². The first-order chi connectivity index (χ1) is 8.12. The smallest absolute Gasteiger partial charge is 0.326 e. The number of thiophene rings is 1. The molecule has 6 heteroatoms. The molecule has 0 fully saturated rings. The lowest BCUT2D eigenvalue weighted by Gasteiger charge is -2.27. The van der Waals surface area contributed by atoms with Crippen LogP contribution in [0.2, 0.25) is 0 Å². The Bertz CT molecular complexity index is 457. The summed E-state index contributed by atoms with van der Waals surface area (Å²) in [6.45, 7) is 7.22. The van der Waals surface area contributed by atoms with Gasteiger partial charge >= 0.3 is 5.97 Å². The van der Waals surface area contributed by atoms with Crippen LogP contribution in [0.4, 0.5) is 0 Å². The van der Waals surface area contributed by atoms with E-state index in [0.29, 0.717) is 4.88 Å². The summed E-state index contributed by atoms with van der Waals surface area (Å²) in [6, 6.07) is 0.831. The molecular formula is C12H16BrNO3S. The van der Waals surface area contributed by atoms with Gasteiger partial charge < -0.3 is 10.4 Å². The van der Waals surface area contributed by atoms with Crippen LogP contribution >= 0.6 is 27.3 Å². The molecule has 0 radical (unpaired) electrons. The average molecular weight is 334 g/mol. The van der Waals surface area contributed by atoms with Crippen LogP contribution in [0.15, 0.2) is 9.85 Å². The molecule has 2 N–H and O–H groups in total. The van der Waals surface area contributed by atoms with E-state index in [0.717, 1.165) is 9.35 Å². The van der Waals surface area contributed by atoms with Crippen molar-refractivity contribution in [3.63, 3.8) is 0 Å². The maximum absolute atomic E-state index is 12.0. The van der Waals surface area contributed by atoms with Gasteiger partial charge in [-0.1, -0.05) is 20.8 Å². The Labute approximate surface area is 119 Å². The molecule has 0 bridgehead atoms. The number of carboxylic acids is 1. The number of aliphatic carboxylic acids is 1. The maximum Gasteiger partial charge on any atom is 0.326 e. The Morgan fingerprint density at radius 3 is 2.33 bits per heavy atom. The van der Waals surface area contributed by atoms with Gasteiger partial charge in [-0.15, -0.1) is 11.3 Å². The monoisotopic (exact) mass is 333 g/mol. The third-order valence-electron chi connectivity index (χ3n) is 2.47. The van der Waals surface area contributed by atoms with Gasteiger partial charge in [-0.3, -0.25) is 4.79 Å². The highest BCUT2D eigenvalue weighted by atomic mass is 79.9. The molecule has 0 saturated carbocycles. The normalized spacial score (nSPS) is 13.2. The van der Waals surface area contributed by atoms with Crippen LogP contribution in [-0.2, 0) is 4.79 Å². The predicted molar refractivity (Wildman–Crippen MR) is 75.1 cm³/mol. The Balaban J connectivity index is 2.89. The minimum absolute atomic E-state index is 0.351. The second-order valence-electron chi connectivity index (χ2n) is 5.18. The third-order valence-corrected chi connectivity index (χ3v) is 4.60. The van der Waals surface area contributed by atoms with Gasteiger partial charge in [0.2, 0.25) is 0 Å². The molecule has 1 atom stereocenters. The molecule has 0 saturated heterocycles. The first kappa shape index (κ1) is 15.2. The van der Waals surface area contributed by atoms with Crippen molar-refractivity contribution < 1.29 is 14.7 Å². The Kier molecular flexibility index (Phi) is 4.55. The standard InChI is InChI=1S/C12H16BrNO3S/c1-6-5-7(18-9(6)13)10(15)14-8(11(16)17)12(2,3)4/h5,8H,1-4H3,(H,14,15)(H,16,17). The molecule has 0 aromatic carbocycles. The lowest BCUT2D eigenvalue weighted by atomic mass is 9.87. The summed E-state index contributed by atoms with van der Waals surface area (Å²) in [6.07, 6.45) is 0. The van der Waals surface area contributed by atoms with Gasteiger partial charge in [0.15, 0.2) is 0 Å². The highest BCUT2D eigenvalue weighted by molar-refractivity contribution is 9.11. The van der Waals surface area contributed by atoms with Crippen molar-refractivity contribution in [3.05, 3.63) is 20.3 Å². The number of carbonyl (C=O) groups excluding carboxylic acids is 1. The number of nitrogens with one attached hydrogen (secondary N) is 1. The number of hydrogen-bond acceptors (Lipinski definition) is 3. The van der Waals surface area contributed by atoms with Crippen LogP contribution in [0.3, 0.4) is 0 Å². The van der Waals surface area contributed by atoms with E-state index in [1.54, 1.807) is 26.8 Å². The zero-order chi connectivity index (χ0) is 14.1. The van der Waals surface area contributed by atoms with E-state index >= 15 is 0 Å². The third kappa shape index (κ3) is 3.55. The van der Waals surface area contributed by atoms with E-state index in [1.165, 1.54) is 11.3 Å². The fraction of sp³-hybridized carbons (Fsp3) is 0.500. The first-order valence-corrected chi connectivity index (χ1v) is 7.03. The summed E-state index contributed by atoms with van der Waals surface area (Å²) in [7, 11) is 0. The Morgan fingerprint density at radius 2 is 2.00 bits per heavy atom. The van der Waals surface area contributed by atoms with Gasteiger partial charge in [-0.05, 0) is 39.9 Å². The van der Waals surface area contributed by atoms with E-state index in [-0.39, 0.29) is 5.91 Å². The van der Waals surface area contributed by atoms with Crippen molar-refractivity contribution in [3.8, 4) is 0 Å². The van der Waals surface area contributed by atoms with E-state index in [4.69, 9.17) is 5.11 Å². The van der Waals surface area contributed by atoms with Gasteiger partial charge in [-0.25, -0.2) is 4.79 Å². The quantitative estimate of drug-likeness (QED) is 0.893. The van der Waals surface area contributed by atoms with Gasteiger partial charge in [0.05, 0.1) is 8.66 Å². The van der Waals surface area contributed by atoms with Crippen LogP contribution in [0, 0.1) is 12.3 Å². The van der Waals surface area contributed by atoms with Crippen molar-refractivity contribution in [2.45, 2.75) is 33.7 Å². The van der Waals surface area contributed by atoms with Crippen molar-refractivity contribution >= 4 is 39.1 Å². The van der Waals surface area contributed by atoms with Crippen molar-refractivity contribution in [2.75, 3.05) is 0 Å². The first-order valence-electron chi connectivity index (χ1n) is 5.42. The minimum atomic E-state index is -1.02. The van der Waals surface area contributed by atoms with Crippen LogP contribution in [0.1, 0.15) is 36.0 Å². The molecule has 1 aromatic rings. The lowest BCUT2D eigenvalue weighted by molar-refractivity contribution is -0.142.